The first-order chi connectivity index (χ1) is 8.82. The number of benzene rings is 1. The summed E-state index contributed by atoms with van der Waals surface area (Å²) in [4.78, 5) is 15.6. The largest absolute Gasteiger partial charge is 0.340 e. The van der Waals surface area contributed by atoms with Gasteiger partial charge in [0.1, 0.15) is 0 Å². The molecule has 19 heavy (non-hydrogen) atoms. The van der Waals surface area contributed by atoms with Crippen molar-refractivity contribution in [1.29, 1.82) is 0 Å². The van der Waals surface area contributed by atoms with E-state index in [2.05, 4.69) is 0 Å². The molecule has 1 amide bonds. The van der Waals surface area contributed by atoms with Crippen LogP contribution in [0.3, 0.4) is 0 Å². The van der Waals surface area contributed by atoms with Crippen LogP contribution in [-0.4, -0.2) is 58.4 Å². The van der Waals surface area contributed by atoms with Gasteiger partial charge in [-0.1, -0.05) is 11.6 Å². The monoisotopic (exact) mass is 304 g/mol. The average molecular weight is 305 g/mol. The summed E-state index contributed by atoms with van der Waals surface area (Å²) in [5.41, 5.74) is 0.319. The second kappa shape index (κ2) is 6.88. The number of likely N-dealkylation sites (N-methyl/N-ethyl adjacent to an activating group) is 2. The van der Waals surface area contributed by atoms with Gasteiger partial charge < -0.3 is 9.80 Å². The third kappa shape index (κ3) is 4.49. The lowest BCUT2D eigenvalue weighted by molar-refractivity contribution is 0.0786. The van der Waals surface area contributed by atoms with Crippen LogP contribution in [-0.2, 0) is 10.7 Å². The van der Waals surface area contributed by atoms with Crippen LogP contribution < -0.4 is 0 Å². The number of hydrogen-bond donors (Lipinski definition) is 1. The van der Waals surface area contributed by atoms with Gasteiger partial charge in [-0.3, -0.25) is 4.79 Å². The average Bonchev–Trinajstić information content (AvgIpc) is 2.35. The molecule has 1 rings (SSSR count). The Labute approximate surface area is 119 Å². The van der Waals surface area contributed by atoms with E-state index in [1.807, 2.05) is 19.0 Å². The van der Waals surface area contributed by atoms with Crippen LogP contribution >= 0.6 is 11.6 Å². The fourth-order valence-corrected chi connectivity index (χ4v) is 2.28. The second-order valence-corrected chi connectivity index (χ2v) is 5.86. The summed E-state index contributed by atoms with van der Waals surface area (Å²) in [6, 6.07) is 4.26. The standard InChI is InChI=1S/C12H17ClN2O3S/c1-14(2)6-7-15(3)12(16)9-4-5-10(13)11(8-9)19(17)18/h4-5,8,19H,6-7H2,1-3H3. The molecule has 1 aromatic carbocycles. The summed E-state index contributed by atoms with van der Waals surface area (Å²) in [6.45, 7) is 1.30. The van der Waals surface area contributed by atoms with Crippen molar-refractivity contribution in [3.8, 4) is 0 Å². The summed E-state index contributed by atoms with van der Waals surface area (Å²) >= 11 is 5.76. The van der Waals surface area contributed by atoms with Crippen LogP contribution in [0.5, 0.6) is 0 Å². The molecule has 0 aromatic heterocycles. The summed E-state index contributed by atoms with van der Waals surface area (Å²) in [5.74, 6) is -0.225. The molecule has 1 aromatic rings. The first-order valence-corrected chi connectivity index (χ1v) is 7.22. The summed E-state index contributed by atoms with van der Waals surface area (Å²) in [5, 5.41) is 0.128. The van der Waals surface area contributed by atoms with Crippen LogP contribution in [0.4, 0.5) is 0 Å². The van der Waals surface area contributed by atoms with Crippen molar-refractivity contribution < 1.29 is 13.2 Å². The molecule has 0 N–H and O–H groups in total. The van der Waals surface area contributed by atoms with Crippen molar-refractivity contribution in [2.75, 3.05) is 34.2 Å². The number of carbonyl (C=O) groups excluding carboxylic acids is 1. The Morgan fingerprint density at radius 3 is 2.37 bits per heavy atom. The molecule has 0 fully saturated rings. The zero-order valence-corrected chi connectivity index (χ0v) is 12.7. The van der Waals surface area contributed by atoms with Crippen molar-refractivity contribution >= 4 is 28.2 Å². The Bertz CT molecular complexity index is 536. The fourth-order valence-electron chi connectivity index (χ4n) is 1.46. The first-order valence-electron chi connectivity index (χ1n) is 5.67. The minimum Gasteiger partial charge on any atom is -0.340 e. The molecule has 0 heterocycles. The summed E-state index contributed by atoms with van der Waals surface area (Å²) in [7, 11) is 2.71. The van der Waals surface area contributed by atoms with E-state index >= 15 is 0 Å². The normalized spacial score (nSPS) is 11.1. The predicted octanol–water partition coefficient (Wildman–Crippen LogP) is 0.944. The van der Waals surface area contributed by atoms with Crippen molar-refractivity contribution in [3.63, 3.8) is 0 Å². The molecule has 7 heteroatoms. The third-order valence-electron chi connectivity index (χ3n) is 2.62. The highest BCUT2D eigenvalue weighted by Gasteiger charge is 2.14. The lowest BCUT2D eigenvalue weighted by Crippen LogP contribution is -2.33. The van der Waals surface area contributed by atoms with Gasteiger partial charge in [-0.25, -0.2) is 8.42 Å². The van der Waals surface area contributed by atoms with Crippen LogP contribution in [0.15, 0.2) is 23.1 Å². The molecule has 0 atom stereocenters. The highest BCUT2D eigenvalue weighted by Crippen LogP contribution is 2.19. The SMILES string of the molecule is CN(C)CCN(C)C(=O)c1ccc(Cl)c([SH](=O)=O)c1. The van der Waals surface area contributed by atoms with Gasteiger partial charge >= 0.3 is 0 Å². The second-order valence-electron chi connectivity index (χ2n) is 4.45. The molecule has 0 spiro atoms. The van der Waals surface area contributed by atoms with Gasteiger partial charge in [-0.05, 0) is 32.3 Å². The fraction of sp³-hybridized carbons (Fsp3) is 0.417. The number of amides is 1. The number of rotatable bonds is 5. The van der Waals surface area contributed by atoms with Crippen LogP contribution in [0, 0.1) is 0 Å². The van der Waals surface area contributed by atoms with Crippen LogP contribution in [0.2, 0.25) is 5.02 Å². The zero-order valence-electron chi connectivity index (χ0n) is 11.1. The van der Waals surface area contributed by atoms with Gasteiger partial charge in [0.25, 0.3) is 5.91 Å². The van der Waals surface area contributed by atoms with E-state index < -0.39 is 10.7 Å². The molecular weight excluding hydrogens is 288 g/mol. The van der Waals surface area contributed by atoms with E-state index in [-0.39, 0.29) is 15.8 Å². The minimum absolute atomic E-state index is 0.0245. The molecular formula is C12H17ClN2O3S. The summed E-state index contributed by atoms with van der Waals surface area (Å²) in [6.07, 6.45) is 0. The Morgan fingerprint density at radius 2 is 1.84 bits per heavy atom. The molecule has 5 nitrogen and oxygen atoms in total. The molecule has 106 valence electrons. The molecule has 0 aliphatic carbocycles. The van der Waals surface area contributed by atoms with E-state index in [0.29, 0.717) is 12.1 Å². The molecule has 0 radical (unpaired) electrons. The minimum atomic E-state index is -2.81. The van der Waals surface area contributed by atoms with Crippen LogP contribution in [0.25, 0.3) is 0 Å². The molecule has 0 aliphatic heterocycles. The van der Waals surface area contributed by atoms with Gasteiger partial charge in [0.2, 0.25) is 0 Å². The van der Waals surface area contributed by atoms with E-state index in [4.69, 9.17) is 11.6 Å². The van der Waals surface area contributed by atoms with Crippen molar-refractivity contribution in [1.82, 2.24) is 9.80 Å². The maximum absolute atomic E-state index is 12.1. The van der Waals surface area contributed by atoms with Gasteiger partial charge in [-0.15, -0.1) is 0 Å². The van der Waals surface area contributed by atoms with Gasteiger partial charge in [0.05, 0.1) is 9.92 Å². The number of nitrogens with zero attached hydrogens (tertiary/aromatic N) is 2. The van der Waals surface area contributed by atoms with Crippen molar-refractivity contribution in [3.05, 3.63) is 28.8 Å². The smallest absolute Gasteiger partial charge is 0.253 e. The van der Waals surface area contributed by atoms with Gasteiger partial charge in [-0.2, -0.15) is 0 Å². The Hall–Kier alpha value is -1.11. The molecule has 0 aliphatic rings. The van der Waals surface area contributed by atoms with E-state index in [0.717, 1.165) is 6.54 Å². The Balaban J connectivity index is 2.91. The number of carbonyl (C=O) groups is 1. The number of hydrogen-bond acceptors (Lipinski definition) is 4. The number of halogens is 1. The Morgan fingerprint density at radius 1 is 1.21 bits per heavy atom. The lowest BCUT2D eigenvalue weighted by atomic mass is 10.2. The quantitative estimate of drug-likeness (QED) is 0.823. The van der Waals surface area contributed by atoms with Crippen molar-refractivity contribution in [2.45, 2.75) is 4.90 Å². The maximum atomic E-state index is 12.1. The molecule has 0 unspecified atom stereocenters. The van der Waals surface area contributed by atoms with E-state index in [1.54, 1.807) is 11.9 Å². The zero-order chi connectivity index (χ0) is 14.6. The third-order valence-corrected chi connectivity index (χ3v) is 3.84. The van der Waals surface area contributed by atoms with Gasteiger partial charge in [0.15, 0.2) is 10.7 Å². The Kier molecular flexibility index (Phi) is 5.78. The highest BCUT2D eigenvalue weighted by atomic mass is 35.5. The van der Waals surface area contributed by atoms with E-state index in [9.17, 15) is 13.2 Å². The predicted molar refractivity (Wildman–Crippen MR) is 75.5 cm³/mol. The molecule has 0 saturated carbocycles. The van der Waals surface area contributed by atoms with Gasteiger partial charge in [0, 0.05) is 25.7 Å². The van der Waals surface area contributed by atoms with E-state index in [1.165, 1.54) is 18.2 Å². The topological polar surface area (TPSA) is 57.7 Å². The molecule has 0 bridgehead atoms. The highest BCUT2D eigenvalue weighted by molar-refractivity contribution is 7.72. The summed E-state index contributed by atoms with van der Waals surface area (Å²) < 4.78 is 22.0. The first kappa shape index (κ1) is 15.9. The van der Waals surface area contributed by atoms with Crippen LogP contribution in [0.1, 0.15) is 10.4 Å². The maximum Gasteiger partial charge on any atom is 0.253 e. The number of thiol groups is 1. The van der Waals surface area contributed by atoms with Crippen molar-refractivity contribution in [2.24, 2.45) is 0 Å². The molecule has 0 saturated heterocycles. The lowest BCUT2D eigenvalue weighted by Gasteiger charge is -2.19.